The van der Waals surface area contributed by atoms with Gasteiger partial charge in [-0.05, 0) is 49.8 Å². The van der Waals surface area contributed by atoms with Crippen LogP contribution >= 0.6 is 11.3 Å². The van der Waals surface area contributed by atoms with E-state index in [1.807, 2.05) is 11.3 Å². The number of nitrogens with zero attached hydrogens (tertiary/aromatic N) is 1. The first kappa shape index (κ1) is 16.0. The Morgan fingerprint density at radius 3 is 2.55 bits per heavy atom. The molecule has 0 saturated carbocycles. The molecule has 1 fully saturated rings. The van der Waals surface area contributed by atoms with Crippen LogP contribution in [-0.4, -0.2) is 24.0 Å². The van der Waals surface area contributed by atoms with Gasteiger partial charge >= 0.3 is 0 Å². The number of thiophene rings is 1. The lowest BCUT2D eigenvalue weighted by Gasteiger charge is -2.33. The second-order valence-corrected chi connectivity index (χ2v) is 8.63. The Labute approximate surface area is 128 Å². The molecule has 0 amide bonds. The lowest BCUT2D eigenvalue weighted by molar-refractivity contribution is 0.177. The molecule has 1 aromatic heterocycles. The van der Waals surface area contributed by atoms with Gasteiger partial charge < -0.3 is 5.73 Å². The third kappa shape index (κ3) is 3.44. The largest absolute Gasteiger partial charge is 0.326 e. The highest BCUT2D eigenvalue weighted by Gasteiger charge is 2.37. The molecule has 2 N–H and O–H groups in total. The summed E-state index contributed by atoms with van der Waals surface area (Å²) in [5, 5.41) is 0. The van der Waals surface area contributed by atoms with Crippen molar-refractivity contribution in [2.75, 3.05) is 13.1 Å². The van der Waals surface area contributed by atoms with Gasteiger partial charge in [-0.2, -0.15) is 0 Å². The molecule has 114 valence electrons. The molecular formula is C17H30N2S. The molecule has 1 aliphatic heterocycles. The molecule has 0 bridgehead atoms. The Kier molecular flexibility index (Phi) is 4.93. The first-order valence-corrected chi connectivity index (χ1v) is 8.70. The zero-order chi connectivity index (χ0) is 14.9. The fourth-order valence-electron chi connectivity index (χ4n) is 3.24. The van der Waals surface area contributed by atoms with Crippen LogP contribution in [0.3, 0.4) is 0 Å². The van der Waals surface area contributed by atoms with Crippen molar-refractivity contribution in [1.29, 1.82) is 0 Å². The summed E-state index contributed by atoms with van der Waals surface area (Å²) in [4.78, 5) is 5.47. The van der Waals surface area contributed by atoms with E-state index in [1.165, 1.54) is 29.3 Å². The van der Waals surface area contributed by atoms with Gasteiger partial charge in [-0.25, -0.2) is 0 Å². The second kappa shape index (κ2) is 6.17. The van der Waals surface area contributed by atoms with Crippen molar-refractivity contribution in [2.24, 2.45) is 17.1 Å². The maximum absolute atomic E-state index is 6.46. The van der Waals surface area contributed by atoms with E-state index in [1.54, 1.807) is 0 Å². The quantitative estimate of drug-likeness (QED) is 0.901. The average Bonchev–Trinajstić information content (AvgIpc) is 2.98. The number of rotatable bonds is 4. The van der Waals surface area contributed by atoms with Gasteiger partial charge in [-0.15, -0.1) is 11.3 Å². The predicted molar refractivity (Wildman–Crippen MR) is 89.2 cm³/mol. The molecular weight excluding hydrogens is 264 g/mol. The van der Waals surface area contributed by atoms with Crippen molar-refractivity contribution < 1.29 is 0 Å². The highest BCUT2D eigenvalue weighted by molar-refractivity contribution is 7.12. The predicted octanol–water partition coefficient (Wildman–Crippen LogP) is 4.20. The summed E-state index contributed by atoms with van der Waals surface area (Å²) in [5.74, 6) is 0.787. The van der Waals surface area contributed by atoms with E-state index < -0.39 is 0 Å². The zero-order valence-corrected chi connectivity index (χ0v) is 14.5. The number of aryl methyl sites for hydroxylation is 1. The van der Waals surface area contributed by atoms with Crippen molar-refractivity contribution in [3.05, 3.63) is 21.9 Å². The molecule has 2 rings (SSSR count). The molecule has 20 heavy (non-hydrogen) atoms. The summed E-state index contributed by atoms with van der Waals surface area (Å²) in [6.45, 7) is 13.9. The van der Waals surface area contributed by atoms with E-state index in [2.05, 4.69) is 51.7 Å². The molecule has 0 aliphatic carbocycles. The van der Waals surface area contributed by atoms with Crippen LogP contribution in [0, 0.1) is 18.3 Å². The van der Waals surface area contributed by atoms with Gasteiger partial charge in [0.15, 0.2) is 0 Å². The lowest BCUT2D eigenvalue weighted by Crippen LogP contribution is -2.40. The minimum absolute atomic E-state index is 0.242. The monoisotopic (exact) mass is 294 g/mol. The third-order valence-corrected chi connectivity index (χ3v) is 5.84. The first-order valence-electron chi connectivity index (χ1n) is 7.89. The van der Waals surface area contributed by atoms with Gasteiger partial charge in [0.1, 0.15) is 0 Å². The van der Waals surface area contributed by atoms with Gasteiger partial charge in [0, 0.05) is 22.3 Å². The molecule has 2 heterocycles. The third-order valence-electron chi connectivity index (χ3n) is 4.77. The molecule has 1 aromatic rings. The number of hydrogen-bond donors (Lipinski definition) is 1. The van der Waals surface area contributed by atoms with Crippen molar-refractivity contribution in [3.8, 4) is 0 Å². The Morgan fingerprint density at radius 1 is 1.40 bits per heavy atom. The van der Waals surface area contributed by atoms with Crippen LogP contribution in [0.2, 0.25) is 0 Å². The van der Waals surface area contributed by atoms with Crippen LogP contribution in [0.1, 0.15) is 56.3 Å². The van der Waals surface area contributed by atoms with Crippen LogP contribution in [0.15, 0.2) is 12.1 Å². The summed E-state index contributed by atoms with van der Waals surface area (Å²) in [5.41, 5.74) is 6.86. The van der Waals surface area contributed by atoms with Crippen molar-refractivity contribution in [3.63, 3.8) is 0 Å². The molecule has 0 aromatic carbocycles. The molecule has 3 heteroatoms. The van der Waals surface area contributed by atoms with E-state index in [4.69, 9.17) is 5.73 Å². The van der Waals surface area contributed by atoms with Crippen LogP contribution in [0.25, 0.3) is 0 Å². The molecule has 1 saturated heterocycles. The Hall–Kier alpha value is -0.380. The first-order chi connectivity index (χ1) is 9.32. The fraction of sp³-hybridized carbons (Fsp3) is 0.765. The number of hydrogen-bond acceptors (Lipinski definition) is 3. The van der Waals surface area contributed by atoms with Crippen LogP contribution in [-0.2, 0) is 0 Å². The number of nitrogens with two attached hydrogens (primary N) is 1. The van der Waals surface area contributed by atoms with Gasteiger partial charge in [0.25, 0.3) is 0 Å². The van der Waals surface area contributed by atoms with Gasteiger partial charge in [0.05, 0.1) is 6.04 Å². The van der Waals surface area contributed by atoms with E-state index in [0.717, 1.165) is 12.3 Å². The second-order valence-electron chi connectivity index (χ2n) is 7.31. The molecule has 1 aliphatic rings. The van der Waals surface area contributed by atoms with E-state index in [-0.39, 0.29) is 6.04 Å². The van der Waals surface area contributed by atoms with Crippen molar-refractivity contribution in [2.45, 2.75) is 59.5 Å². The summed E-state index contributed by atoms with van der Waals surface area (Å²) >= 11 is 1.91. The topological polar surface area (TPSA) is 29.3 Å². The van der Waals surface area contributed by atoms with E-state index >= 15 is 0 Å². The molecule has 2 nitrogen and oxygen atoms in total. The standard InChI is InChI=1S/C17H30N2S/c1-6-14(18)16(15-8-7-12(2)20-15)19-10-9-13(11-19)17(3,4)5/h7-8,13-14,16H,6,9-11,18H2,1-5H3. The normalized spacial score (nSPS) is 24.0. The lowest BCUT2D eigenvalue weighted by atomic mass is 9.80. The fourth-order valence-corrected chi connectivity index (χ4v) is 4.33. The molecule has 0 spiro atoms. The average molecular weight is 295 g/mol. The minimum Gasteiger partial charge on any atom is -0.326 e. The Morgan fingerprint density at radius 2 is 2.10 bits per heavy atom. The highest BCUT2D eigenvalue weighted by atomic mass is 32.1. The summed E-state index contributed by atoms with van der Waals surface area (Å²) < 4.78 is 0. The van der Waals surface area contributed by atoms with Gasteiger partial charge in [-0.3, -0.25) is 4.90 Å². The Bertz CT molecular complexity index is 432. The number of likely N-dealkylation sites (tertiary alicyclic amines) is 1. The van der Waals surface area contributed by atoms with Crippen LogP contribution in [0.4, 0.5) is 0 Å². The molecule has 3 atom stereocenters. The smallest absolute Gasteiger partial charge is 0.0593 e. The summed E-state index contributed by atoms with van der Waals surface area (Å²) in [6.07, 6.45) is 2.35. The van der Waals surface area contributed by atoms with Crippen molar-refractivity contribution >= 4 is 11.3 Å². The maximum Gasteiger partial charge on any atom is 0.0593 e. The summed E-state index contributed by atoms with van der Waals surface area (Å²) in [7, 11) is 0. The van der Waals surface area contributed by atoms with Crippen LogP contribution in [0.5, 0.6) is 0 Å². The zero-order valence-electron chi connectivity index (χ0n) is 13.6. The maximum atomic E-state index is 6.46. The molecule has 3 unspecified atom stereocenters. The van der Waals surface area contributed by atoms with E-state index in [9.17, 15) is 0 Å². The van der Waals surface area contributed by atoms with Gasteiger partial charge in [0.2, 0.25) is 0 Å². The van der Waals surface area contributed by atoms with Crippen LogP contribution < -0.4 is 5.73 Å². The summed E-state index contributed by atoms with van der Waals surface area (Å²) in [6, 6.07) is 5.16. The van der Waals surface area contributed by atoms with Gasteiger partial charge in [-0.1, -0.05) is 27.7 Å². The minimum atomic E-state index is 0.242. The highest BCUT2D eigenvalue weighted by Crippen LogP contribution is 2.39. The van der Waals surface area contributed by atoms with Crippen molar-refractivity contribution in [1.82, 2.24) is 4.90 Å². The van der Waals surface area contributed by atoms with E-state index in [0.29, 0.717) is 11.5 Å². The molecule has 0 radical (unpaired) electrons. The SMILES string of the molecule is CCC(N)C(c1ccc(C)s1)N1CCC(C(C)(C)C)C1. The Balaban J connectivity index is 2.17.